The standard InChI is InChI=1S/C10H5BrCl2N2O3/c1-18-10-7-5(2-4(11)8(10)12)14-3-6(9(7)13)15(16)17/h2-3H,1H3. The van der Waals surface area contributed by atoms with Crippen molar-refractivity contribution >= 4 is 55.7 Å². The number of aromatic nitrogens is 1. The Morgan fingerprint density at radius 3 is 2.67 bits per heavy atom. The first-order valence-corrected chi connectivity index (χ1v) is 6.16. The summed E-state index contributed by atoms with van der Waals surface area (Å²) >= 11 is 15.3. The predicted molar refractivity (Wildman–Crippen MR) is 72.7 cm³/mol. The van der Waals surface area contributed by atoms with E-state index >= 15 is 0 Å². The quantitative estimate of drug-likeness (QED) is 0.600. The van der Waals surface area contributed by atoms with Crippen LogP contribution >= 0.6 is 39.1 Å². The summed E-state index contributed by atoms with van der Waals surface area (Å²) in [6.45, 7) is 0. The van der Waals surface area contributed by atoms with E-state index < -0.39 is 4.92 Å². The van der Waals surface area contributed by atoms with E-state index in [1.807, 2.05) is 0 Å². The largest absolute Gasteiger partial charge is 0.494 e. The molecule has 1 heterocycles. The lowest BCUT2D eigenvalue weighted by atomic mass is 10.2. The van der Waals surface area contributed by atoms with Gasteiger partial charge in [-0.3, -0.25) is 10.1 Å². The lowest BCUT2D eigenvalue weighted by molar-refractivity contribution is -0.384. The van der Waals surface area contributed by atoms with Crippen molar-refractivity contribution in [1.29, 1.82) is 0 Å². The van der Waals surface area contributed by atoms with Crippen LogP contribution in [0.2, 0.25) is 10.0 Å². The van der Waals surface area contributed by atoms with Gasteiger partial charge in [-0.15, -0.1) is 0 Å². The summed E-state index contributed by atoms with van der Waals surface area (Å²) in [4.78, 5) is 14.2. The summed E-state index contributed by atoms with van der Waals surface area (Å²) in [6, 6.07) is 1.62. The Labute approximate surface area is 120 Å². The highest BCUT2D eigenvalue weighted by Gasteiger charge is 2.22. The van der Waals surface area contributed by atoms with Gasteiger partial charge < -0.3 is 4.74 Å². The smallest absolute Gasteiger partial charge is 0.306 e. The number of ether oxygens (including phenoxy) is 1. The molecule has 18 heavy (non-hydrogen) atoms. The number of hydrogen-bond donors (Lipinski definition) is 0. The Balaban J connectivity index is 2.95. The van der Waals surface area contributed by atoms with E-state index in [1.54, 1.807) is 6.07 Å². The molecule has 0 fully saturated rings. The molecule has 0 aliphatic rings. The van der Waals surface area contributed by atoms with Crippen molar-refractivity contribution in [2.75, 3.05) is 7.11 Å². The molecule has 94 valence electrons. The topological polar surface area (TPSA) is 65.3 Å². The van der Waals surface area contributed by atoms with Gasteiger partial charge in [0.15, 0.2) is 0 Å². The van der Waals surface area contributed by atoms with Crippen molar-refractivity contribution < 1.29 is 9.66 Å². The van der Waals surface area contributed by atoms with E-state index in [0.717, 1.165) is 6.20 Å². The number of hydrogen-bond acceptors (Lipinski definition) is 4. The molecule has 0 saturated carbocycles. The summed E-state index contributed by atoms with van der Waals surface area (Å²) in [5.41, 5.74) is 0.166. The fraction of sp³-hybridized carbons (Fsp3) is 0.100. The second kappa shape index (κ2) is 4.87. The summed E-state index contributed by atoms with van der Waals surface area (Å²) in [5.74, 6) is 0.252. The van der Waals surface area contributed by atoms with E-state index in [0.29, 0.717) is 15.4 Å². The van der Waals surface area contributed by atoms with E-state index in [-0.39, 0.29) is 21.5 Å². The molecule has 0 unspecified atom stereocenters. The van der Waals surface area contributed by atoms with Gasteiger partial charge in [-0.1, -0.05) is 23.2 Å². The van der Waals surface area contributed by atoms with Crippen LogP contribution < -0.4 is 4.74 Å². The molecule has 2 aromatic rings. The van der Waals surface area contributed by atoms with Crippen LogP contribution in [0.3, 0.4) is 0 Å². The van der Waals surface area contributed by atoms with Crippen LogP contribution in [0, 0.1) is 10.1 Å². The number of fused-ring (bicyclic) bond motifs is 1. The van der Waals surface area contributed by atoms with Crippen LogP contribution in [0.25, 0.3) is 10.9 Å². The lowest BCUT2D eigenvalue weighted by Gasteiger charge is -2.10. The third-order valence-electron chi connectivity index (χ3n) is 2.33. The number of nitrogens with zero attached hydrogens (tertiary/aromatic N) is 2. The van der Waals surface area contributed by atoms with Crippen molar-refractivity contribution in [3.63, 3.8) is 0 Å². The van der Waals surface area contributed by atoms with Crippen molar-refractivity contribution in [1.82, 2.24) is 4.98 Å². The van der Waals surface area contributed by atoms with Gasteiger partial charge in [0, 0.05) is 4.47 Å². The maximum atomic E-state index is 10.8. The Hall–Kier alpha value is -1.11. The SMILES string of the molecule is COc1c(Cl)c(Br)cc2ncc([N+](=O)[O-])c(Cl)c12. The minimum absolute atomic E-state index is 0.0451. The average molecular weight is 352 g/mol. The first kappa shape index (κ1) is 13.3. The molecular weight excluding hydrogens is 347 g/mol. The highest BCUT2D eigenvalue weighted by atomic mass is 79.9. The fourth-order valence-electron chi connectivity index (χ4n) is 1.54. The molecule has 0 bridgehead atoms. The number of halogens is 3. The van der Waals surface area contributed by atoms with Gasteiger partial charge in [-0.25, -0.2) is 4.98 Å². The highest BCUT2D eigenvalue weighted by Crippen LogP contribution is 2.43. The molecule has 0 amide bonds. The molecule has 8 heteroatoms. The minimum atomic E-state index is -0.607. The number of nitro groups is 1. The Morgan fingerprint density at radius 1 is 1.44 bits per heavy atom. The van der Waals surface area contributed by atoms with Crippen LogP contribution in [0.15, 0.2) is 16.7 Å². The zero-order valence-corrected chi connectivity index (χ0v) is 12.0. The van der Waals surface area contributed by atoms with Crippen molar-refractivity contribution in [3.8, 4) is 5.75 Å². The number of benzene rings is 1. The van der Waals surface area contributed by atoms with Gasteiger partial charge in [0.05, 0.1) is 28.0 Å². The first-order valence-electron chi connectivity index (χ1n) is 4.62. The summed E-state index contributed by atoms with van der Waals surface area (Å²) in [7, 11) is 1.41. The summed E-state index contributed by atoms with van der Waals surface area (Å²) in [5, 5.41) is 11.4. The highest BCUT2D eigenvalue weighted by molar-refractivity contribution is 9.10. The monoisotopic (exact) mass is 350 g/mol. The van der Waals surface area contributed by atoms with Crippen LogP contribution in [0.4, 0.5) is 5.69 Å². The summed E-state index contributed by atoms with van der Waals surface area (Å²) < 4.78 is 5.72. The molecule has 0 aliphatic carbocycles. The molecule has 0 saturated heterocycles. The Bertz CT molecular complexity index is 663. The minimum Gasteiger partial charge on any atom is -0.494 e. The maximum absolute atomic E-state index is 10.8. The van der Waals surface area contributed by atoms with Crippen LogP contribution in [0.5, 0.6) is 5.75 Å². The van der Waals surface area contributed by atoms with E-state index in [9.17, 15) is 10.1 Å². The fourth-order valence-corrected chi connectivity index (χ4v) is 2.46. The maximum Gasteiger partial charge on any atom is 0.306 e. The van der Waals surface area contributed by atoms with Gasteiger partial charge in [-0.05, 0) is 22.0 Å². The molecular formula is C10H5BrCl2N2O3. The molecule has 1 aromatic heterocycles. The van der Waals surface area contributed by atoms with Crippen molar-refractivity contribution in [3.05, 3.63) is 36.9 Å². The number of pyridine rings is 1. The Morgan fingerprint density at radius 2 is 2.11 bits per heavy atom. The van der Waals surface area contributed by atoms with Crippen molar-refractivity contribution in [2.45, 2.75) is 0 Å². The zero-order valence-electron chi connectivity index (χ0n) is 8.91. The summed E-state index contributed by atoms with van der Waals surface area (Å²) in [6.07, 6.45) is 1.10. The van der Waals surface area contributed by atoms with Gasteiger partial charge in [0.25, 0.3) is 0 Å². The molecule has 5 nitrogen and oxygen atoms in total. The molecule has 2 rings (SSSR count). The van der Waals surface area contributed by atoms with Gasteiger partial charge >= 0.3 is 5.69 Å². The predicted octanol–water partition coefficient (Wildman–Crippen LogP) is 4.22. The van der Waals surface area contributed by atoms with Gasteiger partial charge in [-0.2, -0.15) is 0 Å². The normalized spacial score (nSPS) is 10.7. The Kier molecular flexibility index (Phi) is 3.61. The average Bonchev–Trinajstić information content (AvgIpc) is 2.31. The van der Waals surface area contributed by atoms with E-state index in [2.05, 4.69) is 20.9 Å². The van der Waals surface area contributed by atoms with Gasteiger partial charge in [0.2, 0.25) is 0 Å². The number of methoxy groups -OCH3 is 1. The molecule has 1 aromatic carbocycles. The number of rotatable bonds is 2. The van der Waals surface area contributed by atoms with E-state index in [4.69, 9.17) is 27.9 Å². The second-order valence-corrected chi connectivity index (χ2v) is 4.92. The molecule has 0 spiro atoms. The first-order chi connectivity index (χ1) is 8.47. The molecule has 0 radical (unpaired) electrons. The molecule has 0 aliphatic heterocycles. The third-order valence-corrected chi connectivity index (χ3v) is 3.94. The van der Waals surface area contributed by atoms with Crippen LogP contribution in [-0.4, -0.2) is 17.0 Å². The van der Waals surface area contributed by atoms with Crippen LogP contribution in [-0.2, 0) is 0 Å². The molecule has 0 N–H and O–H groups in total. The van der Waals surface area contributed by atoms with Crippen molar-refractivity contribution in [2.24, 2.45) is 0 Å². The van der Waals surface area contributed by atoms with Gasteiger partial charge in [0.1, 0.15) is 17.0 Å². The molecule has 0 atom stereocenters. The third kappa shape index (κ3) is 2.00. The van der Waals surface area contributed by atoms with E-state index in [1.165, 1.54) is 7.11 Å². The zero-order chi connectivity index (χ0) is 13.4. The lowest BCUT2D eigenvalue weighted by Crippen LogP contribution is -1.95. The second-order valence-electron chi connectivity index (χ2n) is 3.31. The van der Waals surface area contributed by atoms with Crippen LogP contribution in [0.1, 0.15) is 0 Å².